The van der Waals surface area contributed by atoms with Gasteiger partial charge in [-0.05, 0) is 0 Å². The molecule has 1 heterocycles. The summed E-state index contributed by atoms with van der Waals surface area (Å²) >= 11 is 5.30. The van der Waals surface area contributed by atoms with E-state index in [1.54, 1.807) is 0 Å². The molecule has 0 spiro atoms. The Morgan fingerprint density at radius 1 is 1.88 bits per heavy atom. The minimum Gasteiger partial charge on any atom is -0.315 e. The number of halogens is 1. The van der Waals surface area contributed by atoms with Crippen LogP contribution in [0.4, 0.5) is 0 Å². The van der Waals surface area contributed by atoms with E-state index in [1.165, 1.54) is 0 Å². The third-order valence-corrected chi connectivity index (χ3v) is 3.48. The van der Waals surface area contributed by atoms with Crippen LogP contribution >= 0.6 is 19.1 Å². The molecular formula is C3H7ClNO2P. The van der Waals surface area contributed by atoms with E-state index in [1.807, 2.05) is 0 Å². The van der Waals surface area contributed by atoms with Gasteiger partial charge < -0.3 is 4.52 Å². The summed E-state index contributed by atoms with van der Waals surface area (Å²) in [5.41, 5.74) is 0.0764. The zero-order chi connectivity index (χ0) is 6.04. The fraction of sp³-hybridized carbons (Fsp3) is 1.00. The van der Waals surface area contributed by atoms with Crippen molar-refractivity contribution in [1.29, 1.82) is 0 Å². The molecule has 0 aromatic heterocycles. The first-order chi connectivity index (χ1) is 3.77. The van der Waals surface area contributed by atoms with Gasteiger partial charge in [-0.15, -0.1) is 11.6 Å². The summed E-state index contributed by atoms with van der Waals surface area (Å²) < 4.78 is 15.7. The molecule has 0 bridgehead atoms. The van der Waals surface area contributed by atoms with Crippen LogP contribution in [-0.4, -0.2) is 18.8 Å². The fourth-order valence-corrected chi connectivity index (χ4v) is 2.06. The van der Waals surface area contributed by atoms with Gasteiger partial charge in [0.1, 0.15) is 5.62 Å². The lowest BCUT2D eigenvalue weighted by Crippen LogP contribution is -2.02. The second-order valence-corrected chi connectivity index (χ2v) is 4.41. The van der Waals surface area contributed by atoms with E-state index in [0.717, 1.165) is 0 Å². The largest absolute Gasteiger partial charge is 0.315 e. The van der Waals surface area contributed by atoms with Crippen LogP contribution in [0.25, 0.3) is 0 Å². The lowest BCUT2D eigenvalue weighted by Gasteiger charge is -2.03. The molecule has 1 aliphatic heterocycles. The summed E-state index contributed by atoms with van der Waals surface area (Å²) in [4.78, 5) is 0. The number of rotatable bonds is 1. The molecule has 0 saturated carbocycles. The van der Waals surface area contributed by atoms with Gasteiger partial charge in [0.05, 0.1) is 6.61 Å². The van der Waals surface area contributed by atoms with Crippen molar-refractivity contribution in [2.45, 2.75) is 0 Å². The Morgan fingerprint density at radius 2 is 2.62 bits per heavy atom. The molecule has 0 aromatic rings. The SMILES string of the molecule is O=P1(CCl)NCCO1. The molecule has 1 fully saturated rings. The molecule has 1 saturated heterocycles. The molecule has 5 heteroatoms. The van der Waals surface area contributed by atoms with Crippen molar-refractivity contribution < 1.29 is 9.09 Å². The van der Waals surface area contributed by atoms with Gasteiger partial charge in [-0.2, -0.15) is 0 Å². The minimum absolute atomic E-state index is 0.0764. The van der Waals surface area contributed by atoms with E-state index in [-0.39, 0.29) is 5.62 Å². The highest BCUT2D eigenvalue weighted by molar-refractivity contribution is 7.58. The van der Waals surface area contributed by atoms with Crippen LogP contribution in [0.2, 0.25) is 0 Å². The Balaban J connectivity index is 2.53. The molecule has 3 nitrogen and oxygen atoms in total. The van der Waals surface area contributed by atoms with E-state index in [9.17, 15) is 4.57 Å². The normalized spacial score (nSPS) is 38.1. The second kappa shape index (κ2) is 2.36. The molecule has 8 heavy (non-hydrogen) atoms. The zero-order valence-corrected chi connectivity index (χ0v) is 5.91. The molecule has 1 atom stereocenters. The predicted octanol–water partition coefficient (Wildman–Crippen LogP) is 0.996. The van der Waals surface area contributed by atoms with Crippen LogP contribution in [0.15, 0.2) is 0 Å². The maximum absolute atomic E-state index is 10.9. The smallest absolute Gasteiger partial charge is 0.284 e. The number of alkyl halides is 1. The van der Waals surface area contributed by atoms with Crippen molar-refractivity contribution in [2.75, 3.05) is 18.8 Å². The molecule has 0 aliphatic carbocycles. The molecule has 1 unspecified atom stereocenters. The summed E-state index contributed by atoms with van der Waals surface area (Å²) in [7, 11) is -2.54. The van der Waals surface area contributed by atoms with Gasteiger partial charge in [0, 0.05) is 6.54 Å². The van der Waals surface area contributed by atoms with Crippen molar-refractivity contribution in [2.24, 2.45) is 0 Å². The second-order valence-electron chi connectivity index (χ2n) is 1.53. The van der Waals surface area contributed by atoms with Gasteiger partial charge >= 0.3 is 0 Å². The highest BCUT2D eigenvalue weighted by Crippen LogP contribution is 2.45. The first-order valence-corrected chi connectivity index (χ1v) is 4.66. The lowest BCUT2D eigenvalue weighted by atomic mass is 10.8. The van der Waals surface area contributed by atoms with Crippen LogP contribution in [0.1, 0.15) is 0 Å². The van der Waals surface area contributed by atoms with E-state index in [4.69, 9.17) is 16.1 Å². The first-order valence-electron chi connectivity index (χ1n) is 2.31. The Hall–Kier alpha value is 0.440. The van der Waals surface area contributed by atoms with Gasteiger partial charge in [0.15, 0.2) is 0 Å². The fourth-order valence-electron chi connectivity index (χ4n) is 0.531. The Labute approximate surface area is 52.9 Å². The molecule has 48 valence electrons. The Bertz CT molecular complexity index is 118. The molecular weight excluding hydrogens is 148 g/mol. The molecule has 1 aliphatic rings. The molecule has 0 radical (unpaired) electrons. The lowest BCUT2D eigenvalue weighted by molar-refractivity contribution is 0.361. The minimum atomic E-state index is -2.54. The summed E-state index contributed by atoms with van der Waals surface area (Å²) in [6, 6.07) is 0. The summed E-state index contributed by atoms with van der Waals surface area (Å²) in [5, 5.41) is 2.68. The maximum atomic E-state index is 10.9. The van der Waals surface area contributed by atoms with E-state index >= 15 is 0 Å². The Kier molecular flexibility index (Phi) is 1.93. The highest BCUT2D eigenvalue weighted by atomic mass is 35.5. The van der Waals surface area contributed by atoms with Gasteiger partial charge in [0.25, 0.3) is 7.52 Å². The number of nitrogens with one attached hydrogen (secondary N) is 1. The molecule has 1 rings (SSSR count). The van der Waals surface area contributed by atoms with Crippen molar-refractivity contribution in [3.63, 3.8) is 0 Å². The van der Waals surface area contributed by atoms with Gasteiger partial charge in [0.2, 0.25) is 0 Å². The zero-order valence-electron chi connectivity index (χ0n) is 4.26. The average molecular weight is 156 g/mol. The van der Waals surface area contributed by atoms with Gasteiger partial charge in [-0.1, -0.05) is 0 Å². The maximum Gasteiger partial charge on any atom is 0.284 e. The van der Waals surface area contributed by atoms with Crippen molar-refractivity contribution >= 4 is 19.1 Å². The third-order valence-electron chi connectivity index (χ3n) is 0.912. The standard InChI is InChI=1S/C3H7ClNO2P/c4-3-8(6)5-1-2-7-8/h1-3H2,(H,5,6). The van der Waals surface area contributed by atoms with Crippen molar-refractivity contribution in [3.8, 4) is 0 Å². The summed E-state index contributed by atoms with van der Waals surface area (Å²) in [6.07, 6.45) is 0. The molecule has 0 aromatic carbocycles. The quantitative estimate of drug-likeness (QED) is 0.454. The number of hydrogen-bond acceptors (Lipinski definition) is 2. The van der Waals surface area contributed by atoms with Crippen molar-refractivity contribution in [3.05, 3.63) is 0 Å². The van der Waals surface area contributed by atoms with Crippen LogP contribution < -0.4 is 5.09 Å². The highest BCUT2D eigenvalue weighted by Gasteiger charge is 2.25. The summed E-state index contributed by atoms with van der Waals surface area (Å²) in [6.45, 7) is 1.17. The van der Waals surface area contributed by atoms with E-state index < -0.39 is 7.52 Å². The monoisotopic (exact) mass is 155 g/mol. The number of hydrogen-bond donors (Lipinski definition) is 1. The van der Waals surface area contributed by atoms with E-state index in [0.29, 0.717) is 13.2 Å². The third kappa shape index (κ3) is 1.23. The van der Waals surface area contributed by atoms with E-state index in [2.05, 4.69) is 5.09 Å². The molecule has 1 N–H and O–H groups in total. The van der Waals surface area contributed by atoms with Crippen LogP contribution in [0.5, 0.6) is 0 Å². The average Bonchev–Trinajstić information content (AvgIpc) is 2.17. The van der Waals surface area contributed by atoms with Gasteiger partial charge in [-0.3, -0.25) is 4.57 Å². The molecule has 0 amide bonds. The van der Waals surface area contributed by atoms with Crippen LogP contribution in [-0.2, 0) is 9.09 Å². The van der Waals surface area contributed by atoms with Crippen LogP contribution in [0, 0.1) is 0 Å². The van der Waals surface area contributed by atoms with Crippen molar-refractivity contribution in [1.82, 2.24) is 5.09 Å². The first kappa shape index (κ1) is 6.56. The van der Waals surface area contributed by atoms with Gasteiger partial charge in [-0.25, -0.2) is 5.09 Å². The summed E-state index contributed by atoms with van der Waals surface area (Å²) in [5.74, 6) is 0. The van der Waals surface area contributed by atoms with Crippen LogP contribution in [0.3, 0.4) is 0 Å². The Morgan fingerprint density at radius 3 is 2.88 bits per heavy atom. The topological polar surface area (TPSA) is 38.3 Å². The predicted molar refractivity (Wildman–Crippen MR) is 32.3 cm³/mol.